The largest absolute Gasteiger partial charge is 0.489 e. The van der Waals surface area contributed by atoms with Crippen molar-refractivity contribution < 1.29 is 19.4 Å². The van der Waals surface area contributed by atoms with Crippen LogP contribution in [0.15, 0.2) is 18.3 Å². The summed E-state index contributed by atoms with van der Waals surface area (Å²) in [6.45, 7) is 0.741. The number of nitrogens with zero attached hydrogens (tertiary/aromatic N) is 1. The van der Waals surface area contributed by atoms with Crippen LogP contribution in [0.5, 0.6) is 5.75 Å². The van der Waals surface area contributed by atoms with E-state index in [1.807, 2.05) is 0 Å². The summed E-state index contributed by atoms with van der Waals surface area (Å²) in [6, 6.07) is 3.13. The summed E-state index contributed by atoms with van der Waals surface area (Å²) in [6.07, 6.45) is 6.92. The van der Waals surface area contributed by atoms with E-state index in [1.165, 1.54) is 18.7 Å². The molecule has 1 aliphatic heterocycles. The zero-order valence-electron chi connectivity index (χ0n) is 10.7. The lowest BCUT2D eigenvalue weighted by molar-refractivity contribution is -0.153. The maximum absolute atomic E-state index is 10.7. The maximum Gasteiger partial charge on any atom is 0.354 e. The first-order valence-corrected chi connectivity index (χ1v) is 6.67. The van der Waals surface area contributed by atoms with E-state index in [4.69, 9.17) is 14.6 Å². The Balaban J connectivity index is 1.62. The van der Waals surface area contributed by atoms with Gasteiger partial charge in [-0.05, 0) is 31.4 Å². The molecule has 1 aromatic heterocycles. The second-order valence-electron chi connectivity index (χ2n) is 5.30. The molecule has 2 aliphatic rings. The number of carbonyl (C=O) groups is 1. The minimum Gasteiger partial charge on any atom is -0.489 e. The van der Waals surface area contributed by atoms with Crippen molar-refractivity contribution in [2.75, 3.05) is 6.61 Å². The molecule has 1 atom stereocenters. The van der Waals surface area contributed by atoms with Crippen LogP contribution >= 0.6 is 0 Å². The maximum atomic E-state index is 10.7. The van der Waals surface area contributed by atoms with Crippen molar-refractivity contribution in [3.8, 4) is 5.75 Å². The molecule has 0 bridgehead atoms. The molecule has 1 saturated heterocycles. The van der Waals surface area contributed by atoms with E-state index in [1.54, 1.807) is 6.07 Å². The van der Waals surface area contributed by atoms with Crippen molar-refractivity contribution in [3.63, 3.8) is 0 Å². The number of hydrogen-bond acceptors (Lipinski definition) is 4. The van der Waals surface area contributed by atoms with Gasteiger partial charge in [-0.3, -0.25) is 0 Å². The third-order valence-corrected chi connectivity index (χ3v) is 3.97. The van der Waals surface area contributed by atoms with Crippen LogP contribution < -0.4 is 4.74 Å². The molecule has 2 heterocycles. The molecule has 0 aromatic carbocycles. The van der Waals surface area contributed by atoms with Gasteiger partial charge in [-0.1, -0.05) is 0 Å². The first-order valence-electron chi connectivity index (χ1n) is 6.67. The topological polar surface area (TPSA) is 68.7 Å². The van der Waals surface area contributed by atoms with Gasteiger partial charge in [0.05, 0.1) is 18.4 Å². The summed E-state index contributed by atoms with van der Waals surface area (Å²) in [5.74, 6) is -0.391. The van der Waals surface area contributed by atoms with Gasteiger partial charge in [-0.25, -0.2) is 9.78 Å². The zero-order chi connectivity index (χ0) is 13.3. The number of carboxylic acid groups (broad SMARTS) is 1. The highest BCUT2D eigenvalue weighted by Gasteiger charge is 2.43. The lowest BCUT2D eigenvalue weighted by Gasteiger charge is -2.46. The molecule has 1 N–H and O–H groups in total. The van der Waals surface area contributed by atoms with Crippen LogP contribution in [0.2, 0.25) is 0 Å². The Kier molecular flexibility index (Phi) is 3.14. The smallest absolute Gasteiger partial charge is 0.354 e. The van der Waals surface area contributed by atoms with Crippen molar-refractivity contribution >= 4 is 5.97 Å². The molecule has 5 nitrogen and oxygen atoms in total. The summed E-state index contributed by atoms with van der Waals surface area (Å²) >= 11 is 0. The molecule has 1 aliphatic carbocycles. The molecule has 0 amide bonds. The van der Waals surface area contributed by atoms with Gasteiger partial charge in [-0.2, -0.15) is 0 Å². The number of carboxylic acids is 1. The van der Waals surface area contributed by atoms with Crippen LogP contribution in [0.4, 0.5) is 0 Å². The van der Waals surface area contributed by atoms with Crippen molar-refractivity contribution in [1.29, 1.82) is 0 Å². The Morgan fingerprint density at radius 3 is 2.89 bits per heavy atom. The van der Waals surface area contributed by atoms with E-state index in [0.717, 1.165) is 32.3 Å². The third-order valence-electron chi connectivity index (χ3n) is 3.97. The Labute approximate surface area is 111 Å². The lowest BCUT2D eigenvalue weighted by atomic mass is 9.74. The molecule has 1 aromatic rings. The number of aromatic carboxylic acids is 1. The van der Waals surface area contributed by atoms with Crippen molar-refractivity contribution in [2.24, 2.45) is 0 Å². The quantitative estimate of drug-likeness (QED) is 0.905. The average Bonchev–Trinajstić information content (AvgIpc) is 2.38. The summed E-state index contributed by atoms with van der Waals surface area (Å²) in [4.78, 5) is 14.6. The number of rotatable bonds is 3. The second-order valence-corrected chi connectivity index (χ2v) is 5.30. The minimum atomic E-state index is -1.02. The average molecular weight is 263 g/mol. The van der Waals surface area contributed by atoms with Crippen LogP contribution in [-0.4, -0.2) is 34.4 Å². The number of ether oxygens (including phenoxy) is 2. The van der Waals surface area contributed by atoms with Crippen LogP contribution in [0.3, 0.4) is 0 Å². The van der Waals surface area contributed by atoms with Gasteiger partial charge in [0.1, 0.15) is 17.5 Å². The second kappa shape index (κ2) is 4.81. The van der Waals surface area contributed by atoms with E-state index >= 15 is 0 Å². The predicted octanol–water partition coefficient (Wildman–Crippen LogP) is 2.26. The number of pyridine rings is 1. The molecule has 102 valence electrons. The normalized spacial score (nSPS) is 24.7. The molecule has 1 saturated carbocycles. The molecule has 2 fully saturated rings. The summed E-state index contributed by atoms with van der Waals surface area (Å²) in [7, 11) is 0. The van der Waals surface area contributed by atoms with Gasteiger partial charge in [0.2, 0.25) is 0 Å². The molecule has 19 heavy (non-hydrogen) atoms. The van der Waals surface area contributed by atoms with Crippen molar-refractivity contribution in [3.05, 3.63) is 24.0 Å². The molecule has 1 spiro atoms. The van der Waals surface area contributed by atoms with Gasteiger partial charge < -0.3 is 14.6 Å². The molecule has 5 heteroatoms. The van der Waals surface area contributed by atoms with E-state index in [2.05, 4.69) is 4.98 Å². The SMILES string of the molecule is O=C(O)c1ccc(OC2CCOC3(CCC3)C2)cn1. The van der Waals surface area contributed by atoms with Crippen LogP contribution in [0.1, 0.15) is 42.6 Å². The molecular weight excluding hydrogens is 246 g/mol. The fourth-order valence-corrected chi connectivity index (χ4v) is 2.77. The van der Waals surface area contributed by atoms with Gasteiger partial charge in [-0.15, -0.1) is 0 Å². The van der Waals surface area contributed by atoms with Crippen LogP contribution in [0, 0.1) is 0 Å². The van der Waals surface area contributed by atoms with E-state index < -0.39 is 5.97 Å². The molecule has 0 radical (unpaired) electrons. The first-order chi connectivity index (χ1) is 9.17. The van der Waals surface area contributed by atoms with E-state index in [9.17, 15) is 4.79 Å². The standard InChI is InChI=1S/C14H17NO4/c16-13(17)12-3-2-11(9-15-12)19-10-4-7-18-14(8-10)5-1-6-14/h2-3,9-10H,1,4-8H2,(H,16,17). The Hall–Kier alpha value is -1.62. The third kappa shape index (κ3) is 2.56. The van der Waals surface area contributed by atoms with Crippen molar-refractivity contribution in [2.45, 2.75) is 43.8 Å². The van der Waals surface area contributed by atoms with Gasteiger partial charge in [0.15, 0.2) is 0 Å². The van der Waals surface area contributed by atoms with Crippen LogP contribution in [-0.2, 0) is 4.74 Å². The molecular formula is C14H17NO4. The van der Waals surface area contributed by atoms with Crippen LogP contribution in [0.25, 0.3) is 0 Å². The zero-order valence-corrected chi connectivity index (χ0v) is 10.7. The van der Waals surface area contributed by atoms with Gasteiger partial charge in [0.25, 0.3) is 0 Å². The lowest BCUT2D eigenvalue weighted by Crippen LogP contribution is -2.48. The predicted molar refractivity (Wildman–Crippen MR) is 67.4 cm³/mol. The summed E-state index contributed by atoms with van der Waals surface area (Å²) in [5.41, 5.74) is 0.0898. The van der Waals surface area contributed by atoms with Gasteiger partial charge >= 0.3 is 5.97 Å². The number of aromatic nitrogens is 1. The first kappa shape index (κ1) is 12.4. The fourth-order valence-electron chi connectivity index (χ4n) is 2.77. The highest BCUT2D eigenvalue weighted by atomic mass is 16.5. The highest BCUT2D eigenvalue weighted by molar-refractivity contribution is 5.85. The van der Waals surface area contributed by atoms with E-state index in [-0.39, 0.29) is 17.4 Å². The fraction of sp³-hybridized carbons (Fsp3) is 0.571. The monoisotopic (exact) mass is 263 g/mol. The summed E-state index contributed by atoms with van der Waals surface area (Å²) in [5, 5.41) is 8.79. The summed E-state index contributed by atoms with van der Waals surface area (Å²) < 4.78 is 11.7. The minimum absolute atomic E-state index is 0.0368. The molecule has 3 rings (SSSR count). The number of hydrogen-bond donors (Lipinski definition) is 1. The highest BCUT2D eigenvalue weighted by Crippen LogP contribution is 2.43. The Morgan fingerprint density at radius 2 is 2.32 bits per heavy atom. The van der Waals surface area contributed by atoms with Gasteiger partial charge in [0, 0.05) is 12.8 Å². The molecule has 1 unspecified atom stereocenters. The van der Waals surface area contributed by atoms with Crippen molar-refractivity contribution in [1.82, 2.24) is 4.98 Å². The Morgan fingerprint density at radius 1 is 1.47 bits per heavy atom. The Bertz CT molecular complexity index is 467. The van der Waals surface area contributed by atoms with E-state index in [0.29, 0.717) is 5.75 Å².